The number of likely N-dealkylation sites (tertiary alicyclic amines) is 2. The average molecular weight is 342 g/mol. The molecule has 25 heavy (non-hydrogen) atoms. The average Bonchev–Trinajstić information content (AvgIpc) is 2.86. The number of piperazine rings is 1. The van der Waals surface area contributed by atoms with Gasteiger partial charge in [0.25, 0.3) is 0 Å². The van der Waals surface area contributed by atoms with Gasteiger partial charge >= 0.3 is 0 Å². The largest absolute Gasteiger partial charge is 0.332 e. The van der Waals surface area contributed by atoms with E-state index in [1.807, 2.05) is 0 Å². The molecule has 2 bridgehead atoms. The molecule has 1 aromatic heterocycles. The van der Waals surface area contributed by atoms with Gasteiger partial charge in [-0.15, -0.1) is 0 Å². The molecule has 0 N–H and O–H groups in total. The van der Waals surface area contributed by atoms with Crippen molar-refractivity contribution in [3.8, 4) is 0 Å². The Bertz CT molecular complexity index is 577. The van der Waals surface area contributed by atoms with Gasteiger partial charge in [-0.2, -0.15) is 0 Å². The Labute approximate surface area is 151 Å². The van der Waals surface area contributed by atoms with E-state index in [4.69, 9.17) is 9.97 Å². The molecule has 1 aromatic rings. The fraction of sp³-hybridized carbons (Fsp3) is 0.800. The zero-order chi connectivity index (χ0) is 16.8. The Balaban J connectivity index is 1.24. The van der Waals surface area contributed by atoms with Crippen molar-refractivity contribution in [3.05, 3.63) is 18.0 Å². The van der Waals surface area contributed by atoms with Gasteiger partial charge in [-0.05, 0) is 70.1 Å². The highest BCUT2D eigenvalue weighted by Crippen LogP contribution is 2.35. The van der Waals surface area contributed by atoms with Gasteiger partial charge in [-0.25, -0.2) is 9.97 Å². The van der Waals surface area contributed by atoms with Gasteiger partial charge < -0.3 is 14.7 Å². The second-order valence-corrected chi connectivity index (χ2v) is 8.72. The van der Waals surface area contributed by atoms with Crippen molar-refractivity contribution in [1.82, 2.24) is 19.8 Å². The summed E-state index contributed by atoms with van der Waals surface area (Å²) in [4.78, 5) is 17.3. The van der Waals surface area contributed by atoms with E-state index in [0.29, 0.717) is 18.0 Å². The highest BCUT2D eigenvalue weighted by molar-refractivity contribution is 5.38. The van der Waals surface area contributed by atoms with E-state index in [-0.39, 0.29) is 0 Å². The number of likely N-dealkylation sites (N-methyl/N-ethyl adjacent to an activating group) is 1. The van der Waals surface area contributed by atoms with Gasteiger partial charge in [-0.3, -0.25) is 0 Å². The molecule has 5 heteroatoms. The number of aromatic nitrogens is 2. The number of rotatable bonds is 3. The van der Waals surface area contributed by atoms with Crippen LogP contribution in [0.2, 0.25) is 0 Å². The predicted molar refractivity (Wildman–Crippen MR) is 100 cm³/mol. The van der Waals surface area contributed by atoms with Crippen molar-refractivity contribution in [2.24, 2.45) is 0 Å². The van der Waals surface area contributed by atoms with Crippen LogP contribution in [0.5, 0.6) is 0 Å². The van der Waals surface area contributed by atoms with Crippen LogP contribution in [0.3, 0.4) is 0 Å². The lowest BCUT2D eigenvalue weighted by Gasteiger charge is -2.42. The number of fused-ring (bicyclic) bond motifs is 2. The lowest BCUT2D eigenvalue weighted by molar-refractivity contribution is 0.0974. The topological polar surface area (TPSA) is 35.5 Å². The van der Waals surface area contributed by atoms with Crippen LogP contribution < -0.4 is 4.90 Å². The van der Waals surface area contributed by atoms with Crippen LogP contribution >= 0.6 is 0 Å². The second-order valence-electron chi connectivity index (χ2n) is 8.72. The molecular formula is C20H31N5. The summed E-state index contributed by atoms with van der Waals surface area (Å²) >= 11 is 0. The molecule has 3 aliphatic heterocycles. The van der Waals surface area contributed by atoms with Crippen LogP contribution in [0.4, 0.5) is 5.95 Å². The molecule has 3 saturated heterocycles. The fourth-order valence-electron chi connectivity index (χ4n) is 5.47. The molecule has 0 amide bonds. The summed E-state index contributed by atoms with van der Waals surface area (Å²) in [5.74, 6) is 1.63. The standard InChI is InChI=1S/C20H31N5/c1-23-13-18-5-6-19(14-23)25(18)20-21-11-16(12-22-20)15-7-9-24(10-8-15)17-3-2-4-17/h11-12,15,17-19H,2-10,13-14H2,1H3. The van der Waals surface area contributed by atoms with E-state index in [2.05, 4.69) is 34.1 Å². The first-order valence-electron chi connectivity index (χ1n) is 10.3. The molecule has 1 saturated carbocycles. The smallest absolute Gasteiger partial charge is 0.225 e. The Morgan fingerprint density at radius 2 is 1.48 bits per heavy atom. The predicted octanol–water partition coefficient (Wildman–Crippen LogP) is 2.49. The van der Waals surface area contributed by atoms with Crippen LogP contribution in [0.25, 0.3) is 0 Å². The molecule has 4 fully saturated rings. The monoisotopic (exact) mass is 341 g/mol. The first-order chi connectivity index (χ1) is 12.3. The van der Waals surface area contributed by atoms with E-state index in [0.717, 1.165) is 25.1 Å². The van der Waals surface area contributed by atoms with E-state index >= 15 is 0 Å². The first-order valence-corrected chi connectivity index (χ1v) is 10.3. The molecule has 2 unspecified atom stereocenters. The summed E-state index contributed by atoms with van der Waals surface area (Å²) in [6, 6.07) is 2.12. The van der Waals surface area contributed by atoms with E-state index < -0.39 is 0 Å². The maximum Gasteiger partial charge on any atom is 0.225 e. The zero-order valence-corrected chi connectivity index (χ0v) is 15.5. The van der Waals surface area contributed by atoms with Crippen molar-refractivity contribution in [2.75, 3.05) is 38.1 Å². The molecule has 136 valence electrons. The van der Waals surface area contributed by atoms with Gasteiger partial charge in [0.15, 0.2) is 0 Å². The summed E-state index contributed by atoms with van der Waals surface area (Å²) in [5, 5.41) is 0. The van der Waals surface area contributed by atoms with Gasteiger partial charge in [0, 0.05) is 43.6 Å². The van der Waals surface area contributed by atoms with Crippen LogP contribution in [0.15, 0.2) is 12.4 Å². The minimum atomic E-state index is 0.611. The third-order valence-electron chi connectivity index (χ3n) is 7.15. The molecule has 0 aromatic carbocycles. The van der Waals surface area contributed by atoms with Crippen LogP contribution in [-0.2, 0) is 0 Å². The zero-order valence-electron chi connectivity index (χ0n) is 15.5. The number of hydrogen-bond donors (Lipinski definition) is 0. The number of hydrogen-bond acceptors (Lipinski definition) is 5. The number of nitrogens with zero attached hydrogens (tertiary/aromatic N) is 5. The molecule has 5 nitrogen and oxygen atoms in total. The lowest BCUT2D eigenvalue weighted by atomic mass is 9.86. The highest BCUT2D eigenvalue weighted by Gasteiger charge is 2.40. The maximum absolute atomic E-state index is 4.81. The Kier molecular flexibility index (Phi) is 4.17. The second kappa shape index (κ2) is 6.51. The minimum Gasteiger partial charge on any atom is -0.332 e. The molecule has 4 heterocycles. The van der Waals surface area contributed by atoms with Crippen molar-refractivity contribution in [2.45, 2.75) is 69.0 Å². The van der Waals surface area contributed by atoms with Crippen molar-refractivity contribution < 1.29 is 0 Å². The van der Waals surface area contributed by atoms with Crippen molar-refractivity contribution >= 4 is 5.95 Å². The van der Waals surface area contributed by atoms with Crippen LogP contribution in [0, 0.1) is 0 Å². The van der Waals surface area contributed by atoms with E-state index in [1.54, 1.807) is 0 Å². The summed E-state index contributed by atoms with van der Waals surface area (Å²) in [6.07, 6.45) is 13.7. The van der Waals surface area contributed by atoms with Crippen molar-refractivity contribution in [1.29, 1.82) is 0 Å². The van der Waals surface area contributed by atoms with E-state index in [9.17, 15) is 0 Å². The van der Waals surface area contributed by atoms with E-state index in [1.165, 1.54) is 63.6 Å². The molecule has 0 radical (unpaired) electrons. The lowest BCUT2D eigenvalue weighted by Crippen LogP contribution is -2.53. The Hall–Kier alpha value is -1.20. The van der Waals surface area contributed by atoms with Gasteiger partial charge in [-0.1, -0.05) is 6.42 Å². The molecule has 2 atom stereocenters. The molecule has 4 aliphatic rings. The van der Waals surface area contributed by atoms with Gasteiger partial charge in [0.1, 0.15) is 0 Å². The quantitative estimate of drug-likeness (QED) is 0.844. The summed E-state index contributed by atoms with van der Waals surface area (Å²) in [5.41, 5.74) is 1.36. The molecule has 0 spiro atoms. The maximum atomic E-state index is 4.81. The first kappa shape index (κ1) is 16.0. The SMILES string of the molecule is CN1CC2CCC(C1)N2c1ncc(C2CCN(C3CCC3)CC2)cn1. The summed E-state index contributed by atoms with van der Waals surface area (Å²) < 4.78 is 0. The summed E-state index contributed by atoms with van der Waals surface area (Å²) in [6.45, 7) is 4.84. The normalized spacial score (nSPS) is 32.1. The molecular weight excluding hydrogens is 310 g/mol. The molecule has 5 rings (SSSR count). The Morgan fingerprint density at radius 1 is 0.840 bits per heavy atom. The minimum absolute atomic E-state index is 0.611. The number of piperidine rings is 1. The third kappa shape index (κ3) is 2.95. The van der Waals surface area contributed by atoms with Crippen LogP contribution in [-0.4, -0.2) is 71.1 Å². The van der Waals surface area contributed by atoms with Crippen LogP contribution in [0.1, 0.15) is 56.4 Å². The Morgan fingerprint density at radius 3 is 2.04 bits per heavy atom. The third-order valence-corrected chi connectivity index (χ3v) is 7.15. The van der Waals surface area contributed by atoms with Gasteiger partial charge in [0.2, 0.25) is 5.95 Å². The molecule has 1 aliphatic carbocycles. The number of anilines is 1. The van der Waals surface area contributed by atoms with Gasteiger partial charge in [0.05, 0.1) is 0 Å². The highest BCUT2D eigenvalue weighted by atomic mass is 15.4. The van der Waals surface area contributed by atoms with Crippen molar-refractivity contribution in [3.63, 3.8) is 0 Å². The fourth-order valence-corrected chi connectivity index (χ4v) is 5.47. The summed E-state index contributed by atoms with van der Waals surface area (Å²) in [7, 11) is 2.24.